The lowest BCUT2D eigenvalue weighted by atomic mass is 10.0. The second-order valence-corrected chi connectivity index (χ2v) is 5.34. The predicted molar refractivity (Wildman–Crippen MR) is 81.1 cm³/mol. The second-order valence-electron chi connectivity index (χ2n) is 5.34. The van der Waals surface area contributed by atoms with Crippen molar-refractivity contribution < 1.29 is 14.3 Å². The Hall–Kier alpha value is -1.46. The Morgan fingerprint density at radius 2 is 2.00 bits per heavy atom. The summed E-state index contributed by atoms with van der Waals surface area (Å²) in [7, 11) is 0. The lowest BCUT2D eigenvalue weighted by molar-refractivity contribution is -0.191. The first-order valence-corrected chi connectivity index (χ1v) is 7.56. The molecule has 0 amide bonds. The number of rotatable bonds is 7. The van der Waals surface area contributed by atoms with Crippen LogP contribution in [0.25, 0.3) is 0 Å². The van der Waals surface area contributed by atoms with Crippen LogP contribution in [0.2, 0.25) is 0 Å². The smallest absolute Gasteiger partial charge is 0.154 e. The van der Waals surface area contributed by atoms with Crippen LogP contribution in [-0.4, -0.2) is 36.8 Å². The summed E-state index contributed by atoms with van der Waals surface area (Å²) in [6.07, 6.45) is 6.68. The van der Waals surface area contributed by atoms with Crippen molar-refractivity contribution in [3.8, 4) is 0 Å². The fraction of sp³-hybridized carbons (Fsp3) is 0.625. The number of hydrogen-bond donors (Lipinski definition) is 0. The molecule has 1 aromatic rings. The molecule has 2 heterocycles. The van der Waals surface area contributed by atoms with Crippen LogP contribution in [0, 0.1) is 5.92 Å². The Balaban J connectivity index is 1.56. The van der Waals surface area contributed by atoms with Crippen LogP contribution in [0.4, 0.5) is 0 Å². The zero-order chi connectivity index (χ0) is 14.9. The first-order valence-electron chi connectivity index (χ1n) is 7.56. The maximum Gasteiger partial charge on any atom is 0.154 e. The van der Waals surface area contributed by atoms with E-state index in [9.17, 15) is 0 Å². The number of aromatic nitrogens is 1. The summed E-state index contributed by atoms with van der Waals surface area (Å²) in [5, 5.41) is 4.13. The summed E-state index contributed by atoms with van der Waals surface area (Å²) < 4.78 is 10.9. The molecule has 0 bridgehead atoms. The van der Waals surface area contributed by atoms with Gasteiger partial charge < -0.3 is 14.3 Å². The minimum absolute atomic E-state index is 0.0462. The number of pyridine rings is 1. The highest BCUT2D eigenvalue weighted by Gasteiger charge is 2.18. The van der Waals surface area contributed by atoms with Crippen LogP contribution in [-0.2, 0) is 14.3 Å². The third-order valence-corrected chi connectivity index (χ3v) is 3.53. The molecule has 1 fully saturated rings. The largest absolute Gasteiger partial charge is 0.396 e. The van der Waals surface area contributed by atoms with Crippen molar-refractivity contribution in [3.63, 3.8) is 0 Å². The number of nitrogens with zero attached hydrogens (tertiary/aromatic N) is 2. The highest BCUT2D eigenvalue weighted by atomic mass is 16.7. The van der Waals surface area contributed by atoms with Gasteiger partial charge in [-0.1, -0.05) is 5.16 Å². The lowest BCUT2D eigenvalue weighted by Gasteiger charge is -2.27. The normalized spacial score (nSPS) is 23.0. The number of ether oxygens (including phenoxy) is 2. The van der Waals surface area contributed by atoms with Gasteiger partial charge in [-0.2, -0.15) is 0 Å². The van der Waals surface area contributed by atoms with E-state index >= 15 is 0 Å². The Labute approximate surface area is 126 Å². The van der Waals surface area contributed by atoms with E-state index in [1.807, 2.05) is 26.0 Å². The molecule has 0 saturated carbocycles. The Morgan fingerprint density at radius 3 is 2.71 bits per heavy atom. The number of oxime groups is 1. The van der Waals surface area contributed by atoms with Gasteiger partial charge in [-0.25, -0.2) is 0 Å². The molecule has 1 saturated heterocycles. The second kappa shape index (κ2) is 8.74. The molecule has 0 unspecified atom stereocenters. The molecule has 1 aromatic heterocycles. The van der Waals surface area contributed by atoms with Crippen molar-refractivity contribution in [3.05, 3.63) is 30.1 Å². The van der Waals surface area contributed by atoms with Crippen LogP contribution < -0.4 is 0 Å². The standard InChI is InChI=1S/C16H24N2O3/c1-13(16-6-8-17-9-7-16)18-21-10-4-3-5-15-11-19-14(2)20-12-15/h6-9,14-15H,3-5,10-12H2,1-2H3. The molecule has 1 aliphatic heterocycles. The summed E-state index contributed by atoms with van der Waals surface area (Å²) in [4.78, 5) is 9.34. The van der Waals surface area contributed by atoms with Crippen molar-refractivity contribution in [2.24, 2.45) is 11.1 Å². The monoisotopic (exact) mass is 292 g/mol. The molecule has 21 heavy (non-hydrogen) atoms. The molecule has 0 spiro atoms. The van der Waals surface area contributed by atoms with E-state index < -0.39 is 0 Å². The third-order valence-electron chi connectivity index (χ3n) is 3.53. The topological polar surface area (TPSA) is 52.9 Å². The number of unbranched alkanes of at least 4 members (excludes halogenated alkanes) is 1. The van der Waals surface area contributed by atoms with Gasteiger partial charge in [-0.3, -0.25) is 4.98 Å². The van der Waals surface area contributed by atoms with E-state index in [-0.39, 0.29) is 6.29 Å². The van der Waals surface area contributed by atoms with Gasteiger partial charge in [0.05, 0.1) is 18.9 Å². The average Bonchev–Trinajstić information content (AvgIpc) is 2.53. The zero-order valence-corrected chi connectivity index (χ0v) is 12.8. The van der Waals surface area contributed by atoms with Gasteiger partial charge in [-0.15, -0.1) is 0 Å². The van der Waals surface area contributed by atoms with E-state index in [4.69, 9.17) is 14.3 Å². The molecule has 0 aromatic carbocycles. The minimum atomic E-state index is -0.0462. The van der Waals surface area contributed by atoms with E-state index in [1.165, 1.54) is 0 Å². The molecule has 2 rings (SSSR count). The molecule has 0 aliphatic carbocycles. The molecular weight excluding hydrogens is 268 g/mol. The summed E-state index contributed by atoms with van der Waals surface area (Å²) in [5.74, 6) is 0.517. The van der Waals surface area contributed by atoms with Gasteiger partial charge in [-0.05, 0) is 45.2 Å². The summed E-state index contributed by atoms with van der Waals surface area (Å²) >= 11 is 0. The minimum Gasteiger partial charge on any atom is -0.396 e. The summed E-state index contributed by atoms with van der Waals surface area (Å²) in [6.45, 7) is 6.14. The Morgan fingerprint density at radius 1 is 1.29 bits per heavy atom. The zero-order valence-electron chi connectivity index (χ0n) is 12.8. The Kier molecular flexibility index (Phi) is 6.63. The SMILES string of the molecule is CC(=NOCCCCC1COC(C)OC1)c1ccncc1. The lowest BCUT2D eigenvalue weighted by Crippen LogP contribution is -2.29. The molecule has 116 valence electrons. The van der Waals surface area contributed by atoms with Gasteiger partial charge in [0.25, 0.3) is 0 Å². The molecule has 0 radical (unpaired) electrons. The predicted octanol–water partition coefficient (Wildman–Crippen LogP) is 3.00. The molecule has 0 atom stereocenters. The van der Waals surface area contributed by atoms with Crippen molar-refractivity contribution in [1.29, 1.82) is 0 Å². The average molecular weight is 292 g/mol. The van der Waals surface area contributed by atoms with Crippen molar-refractivity contribution in [2.75, 3.05) is 19.8 Å². The van der Waals surface area contributed by atoms with Crippen LogP contribution >= 0.6 is 0 Å². The van der Waals surface area contributed by atoms with Crippen LogP contribution in [0.5, 0.6) is 0 Å². The number of hydrogen-bond acceptors (Lipinski definition) is 5. The van der Waals surface area contributed by atoms with Gasteiger partial charge in [0.2, 0.25) is 0 Å². The molecule has 5 heteroatoms. The van der Waals surface area contributed by atoms with Crippen LogP contribution in [0.15, 0.2) is 29.7 Å². The highest BCUT2D eigenvalue weighted by molar-refractivity contribution is 5.98. The van der Waals surface area contributed by atoms with E-state index in [0.29, 0.717) is 12.5 Å². The van der Waals surface area contributed by atoms with E-state index in [2.05, 4.69) is 10.1 Å². The highest BCUT2D eigenvalue weighted by Crippen LogP contribution is 2.16. The van der Waals surface area contributed by atoms with Crippen LogP contribution in [0.1, 0.15) is 38.7 Å². The maximum atomic E-state index is 5.47. The van der Waals surface area contributed by atoms with E-state index in [0.717, 1.165) is 43.8 Å². The molecule has 5 nitrogen and oxygen atoms in total. The fourth-order valence-corrected chi connectivity index (χ4v) is 2.19. The summed E-state index contributed by atoms with van der Waals surface area (Å²) in [6, 6.07) is 3.85. The fourth-order valence-electron chi connectivity index (χ4n) is 2.19. The quantitative estimate of drug-likeness (QED) is 0.440. The van der Waals surface area contributed by atoms with Gasteiger partial charge in [0.1, 0.15) is 6.61 Å². The van der Waals surface area contributed by atoms with E-state index in [1.54, 1.807) is 12.4 Å². The molecular formula is C16H24N2O3. The maximum absolute atomic E-state index is 5.47. The van der Waals surface area contributed by atoms with Gasteiger partial charge >= 0.3 is 0 Å². The third kappa shape index (κ3) is 5.81. The van der Waals surface area contributed by atoms with Crippen molar-refractivity contribution in [1.82, 2.24) is 4.98 Å². The molecule has 1 aliphatic rings. The van der Waals surface area contributed by atoms with Gasteiger partial charge in [0, 0.05) is 23.9 Å². The first kappa shape index (κ1) is 15.9. The molecule has 0 N–H and O–H groups in total. The van der Waals surface area contributed by atoms with Crippen molar-refractivity contribution in [2.45, 2.75) is 39.4 Å². The first-order chi connectivity index (χ1) is 10.3. The summed E-state index contributed by atoms with van der Waals surface area (Å²) in [5.41, 5.74) is 1.91. The van der Waals surface area contributed by atoms with Crippen LogP contribution in [0.3, 0.4) is 0 Å². The van der Waals surface area contributed by atoms with Gasteiger partial charge in [0.15, 0.2) is 6.29 Å². The Bertz CT molecular complexity index is 428. The van der Waals surface area contributed by atoms with Crippen molar-refractivity contribution >= 4 is 5.71 Å².